The number of rotatable bonds is 6. The molecule has 0 atom stereocenters. The van der Waals surface area contributed by atoms with Crippen LogP contribution in [0.25, 0.3) is 0 Å². The Hall–Kier alpha value is -2.02. The van der Waals surface area contributed by atoms with Crippen molar-refractivity contribution in [1.29, 1.82) is 0 Å². The van der Waals surface area contributed by atoms with Gasteiger partial charge in [0, 0.05) is 37.6 Å². The summed E-state index contributed by atoms with van der Waals surface area (Å²) in [5, 5.41) is 4.22. The lowest BCUT2D eigenvalue weighted by Gasteiger charge is -2.32. The second-order valence-corrected chi connectivity index (χ2v) is 10.0. The number of hydrogen-bond donors (Lipinski definition) is 0. The summed E-state index contributed by atoms with van der Waals surface area (Å²) < 4.78 is 30.9. The molecule has 158 valence electrons. The summed E-state index contributed by atoms with van der Waals surface area (Å²) in [6, 6.07) is 8.12. The van der Waals surface area contributed by atoms with Gasteiger partial charge in [-0.3, -0.25) is 8.99 Å². The zero-order chi connectivity index (χ0) is 20.3. The lowest BCUT2D eigenvalue weighted by atomic mass is 10.1. The van der Waals surface area contributed by atoms with Crippen LogP contribution < -0.4 is 9.21 Å². The molecule has 1 aliphatic carbocycles. The van der Waals surface area contributed by atoms with Gasteiger partial charge in [0.2, 0.25) is 0 Å². The Morgan fingerprint density at radius 2 is 1.79 bits per heavy atom. The van der Waals surface area contributed by atoms with Crippen molar-refractivity contribution in [2.75, 3.05) is 22.3 Å². The average molecular weight is 417 g/mol. The lowest BCUT2D eigenvalue weighted by molar-refractivity contribution is 0.544. The van der Waals surface area contributed by atoms with Gasteiger partial charge >= 0.3 is 0 Å². The summed E-state index contributed by atoms with van der Waals surface area (Å²) in [6.07, 6.45) is 11.9. The summed E-state index contributed by atoms with van der Waals surface area (Å²) in [7, 11) is -3.67. The fourth-order valence-corrected chi connectivity index (χ4v) is 6.26. The van der Waals surface area contributed by atoms with Crippen LogP contribution in [0, 0.1) is 0 Å². The number of hydrogen-bond acceptors (Lipinski definition) is 4. The predicted molar refractivity (Wildman–Crippen MR) is 117 cm³/mol. The van der Waals surface area contributed by atoms with E-state index in [-0.39, 0.29) is 10.9 Å². The first kappa shape index (κ1) is 20.3. The van der Waals surface area contributed by atoms with Gasteiger partial charge in [-0.1, -0.05) is 31.7 Å². The van der Waals surface area contributed by atoms with E-state index in [0.717, 1.165) is 50.1 Å². The quantitative estimate of drug-likeness (QED) is 0.654. The van der Waals surface area contributed by atoms with Gasteiger partial charge in [0.05, 0.1) is 11.9 Å². The monoisotopic (exact) mass is 416 g/mol. The van der Waals surface area contributed by atoms with E-state index >= 15 is 0 Å². The number of benzene rings is 1. The molecule has 0 unspecified atom stereocenters. The summed E-state index contributed by atoms with van der Waals surface area (Å²) >= 11 is 0. The van der Waals surface area contributed by atoms with Gasteiger partial charge in [-0.2, -0.15) is 5.10 Å². The van der Waals surface area contributed by atoms with E-state index < -0.39 is 10.0 Å². The van der Waals surface area contributed by atoms with Crippen LogP contribution in [-0.2, 0) is 16.6 Å². The Morgan fingerprint density at radius 3 is 2.45 bits per heavy atom. The van der Waals surface area contributed by atoms with Crippen molar-refractivity contribution in [2.24, 2.45) is 0 Å². The molecule has 7 heteroatoms. The van der Waals surface area contributed by atoms with Gasteiger partial charge in [0.1, 0.15) is 4.90 Å². The van der Waals surface area contributed by atoms with Crippen molar-refractivity contribution in [3.63, 3.8) is 0 Å². The van der Waals surface area contributed by atoms with Crippen LogP contribution in [0.3, 0.4) is 0 Å². The van der Waals surface area contributed by atoms with E-state index in [4.69, 9.17) is 0 Å². The van der Waals surface area contributed by atoms with Gasteiger partial charge in [-0.05, 0) is 50.8 Å². The smallest absolute Gasteiger partial charge is 0.267 e. The molecule has 1 aliphatic heterocycles. The van der Waals surface area contributed by atoms with Gasteiger partial charge in [-0.15, -0.1) is 0 Å². The molecule has 0 spiro atoms. The molecular weight excluding hydrogens is 384 g/mol. The van der Waals surface area contributed by atoms with E-state index in [2.05, 4.69) is 22.1 Å². The van der Waals surface area contributed by atoms with E-state index in [0.29, 0.717) is 6.54 Å². The van der Waals surface area contributed by atoms with Gasteiger partial charge in [0.25, 0.3) is 10.0 Å². The first-order chi connectivity index (χ1) is 14.1. The Kier molecular flexibility index (Phi) is 6.13. The minimum absolute atomic E-state index is 0.00121. The molecular formula is C22H32N4O2S. The molecule has 1 saturated heterocycles. The van der Waals surface area contributed by atoms with Crippen molar-refractivity contribution in [3.05, 3.63) is 36.7 Å². The second kappa shape index (κ2) is 8.78. The number of nitrogens with zero attached hydrogens (tertiary/aromatic N) is 4. The van der Waals surface area contributed by atoms with Crippen LogP contribution >= 0.6 is 0 Å². The molecule has 4 rings (SSSR count). The molecule has 0 bridgehead atoms. The number of aromatic nitrogens is 2. The standard InChI is InChI=1S/C22H32N4O2S/c1-2-25-18-22(17-23-25)29(27,28)26(19-10-5-3-4-6-11-19)21-13-9-12-20(16-21)24-14-7-8-15-24/h9,12-13,16-19H,2-8,10-11,14-15H2,1H3. The normalized spacial score (nSPS) is 18.7. The van der Waals surface area contributed by atoms with E-state index in [9.17, 15) is 8.42 Å². The molecule has 2 aliphatic rings. The van der Waals surface area contributed by atoms with E-state index in [1.54, 1.807) is 15.2 Å². The molecule has 2 fully saturated rings. The minimum atomic E-state index is -3.67. The fourth-order valence-electron chi connectivity index (χ4n) is 4.60. The van der Waals surface area contributed by atoms with Crippen LogP contribution in [-0.4, -0.2) is 37.3 Å². The highest BCUT2D eigenvalue weighted by molar-refractivity contribution is 7.92. The molecule has 29 heavy (non-hydrogen) atoms. The minimum Gasteiger partial charge on any atom is -0.371 e. The third-order valence-corrected chi connectivity index (χ3v) is 8.04. The van der Waals surface area contributed by atoms with Crippen molar-refractivity contribution in [2.45, 2.75) is 75.8 Å². The van der Waals surface area contributed by atoms with Crippen molar-refractivity contribution in [3.8, 4) is 0 Å². The third kappa shape index (κ3) is 4.29. The Morgan fingerprint density at radius 1 is 1.07 bits per heavy atom. The topological polar surface area (TPSA) is 58.4 Å². The van der Waals surface area contributed by atoms with E-state index in [1.165, 1.54) is 31.9 Å². The molecule has 1 saturated carbocycles. The summed E-state index contributed by atoms with van der Waals surface area (Å²) in [5.74, 6) is 0. The maximum Gasteiger partial charge on any atom is 0.267 e. The zero-order valence-electron chi connectivity index (χ0n) is 17.3. The highest BCUT2D eigenvalue weighted by Crippen LogP contribution is 2.34. The first-order valence-corrected chi connectivity index (χ1v) is 12.5. The molecule has 1 aromatic carbocycles. The van der Waals surface area contributed by atoms with E-state index in [1.807, 2.05) is 19.1 Å². The molecule has 6 nitrogen and oxygen atoms in total. The SMILES string of the molecule is CCn1cc(S(=O)(=O)N(c2cccc(N3CCCC3)c2)C2CCCCCC2)cn1. The maximum atomic E-state index is 13.8. The predicted octanol–water partition coefficient (Wildman–Crippen LogP) is 4.42. The Bertz CT molecular complexity index is 910. The largest absolute Gasteiger partial charge is 0.371 e. The first-order valence-electron chi connectivity index (χ1n) is 11.0. The van der Waals surface area contributed by atoms with Crippen LogP contribution in [0.5, 0.6) is 0 Å². The third-order valence-electron chi connectivity index (χ3n) is 6.20. The summed E-state index contributed by atoms with van der Waals surface area (Å²) in [5.41, 5.74) is 1.91. The lowest BCUT2D eigenvalue weighted by Crippen LogP contribution is -2.40. The zero-order valence-corrected chi connectivity index (χ0v) is 18.1. The molecule has 2 aromatic rings. The molecule has 0 N–H and O–H groups in total. The Labute approximate surface area is 174 Å². The Balaban J connectivity index is 1.75. The summed E-state index contributed by atoms with van der Waals surface area (Å²) in [6.45, 7) is 4.71. The van der Waals surface area contributed by atoms with Crippen LogP contribution in [0.1, 0.15) is 58.3 Å². The average Bonchev–Trinajstić information content (AvgIpc) is 3.37. The molecule has 0 radical (unpaired) electrons. The summed E-state index contributed by atoms with van der Waals surface area (Å²) in [4.78, 5) is 2.64. The van der Waals surface area contributed by atoms with Crippen molar-refractivity contribution in [1.82, 2.24) is 9.78 Å². The highest BCUT2D eigenvalue weighted by atomic mass is 32.2. The number of anilines is 2. The maximum absolute atomic E-state index is 13.8. The second-order valence-electron chi connectivity index (χ2n) is 8.19. The molecule has 2 heterocycles. The number of aryl methyl sites for hydroxylation is 1. The van der Waals surface area contributed by atoms with Crippen LogP contribution in [0.2, 0.25) is 0 Å². The fraction of sp³-hybridized carbons (Fsp3) is 0.591. The highest BCUT2D eigenvalue weighted by Gasteiger charge is 2.33. The van der Waals surface area contributed by atoms with Crippen LogP contribution in [0.15, 0.2) is 41.6 Å². The van der Waals surface area contributed by atoms with Gasteiger partial charge in [0.15, 0.2) is 0 Å². The van der Waals surface area contributed by atoms with Crippen molar-refractivity contribution < 1.29 is 8.42 Å². The van der Waals surface area contributed by atoms with Crippen molar-refractivity contribution >= 4 is 21.4 Å². The van der Waals surface area contributed by atoms with Crippen LogP contribution in [0.4, 0.5) is 11.4 Å². The van der Waals surface area contributed by atoms with Gasteiger partial charge in [-0.25, -0.2) is 8.42 Å². The van der Waals surface area contributed by atoms with Gasteiger partial charge < -0.3 is 4.90 Å². The number of sulfonamides is 1. The molecule has 0 amide bonds. The molecule has 1 aromatic heterocycles.